The van der Waals surface area contributed by atoms with Crippen LogP contribution in [0.4, 0.5) is 11.4 Å². The standard InChI is InChI=1S/C26H24N4OS/c27-19-21(20-29-15-17-30(18-16-29)22-9-3-1-4-10-22)26(31)28-24-13-7-8-14-25(24)32-23-11-5-2-6-12-23/h1-14,20H,15-18H2,(H,28,31)/b21-20-. The van der Waals surface area contributed by atoms with Crippen LogP contribution in [0.3, 0.4) is 0 Å². The molecule has 0 atom stereocenters. The van der Waals surface area contributed by atoms with Crippen molar-refractivity contribution in [2.75, 3.05) is 36.4 Å². The van der Waals surface area contributed by atoms with Crippen molar-refractivity contribution in [2.45, 2.75) is 9.79 Å². The fraction of sp³-hybridized carbons (Fsp3) is 0.154. The number of anilines is 2. The highest BCUT2D eigenvalue weighted by Gasteiger charge is 2.18. The summed E-state index contributed by atoms with van der Waals surface area (Å²) in [4.78, 5) is 19.2. The van der Waals surface area contributed by atoms with E-state index in [9.17, 15) is 10.1 Å². The lowest BCUT2D eigenvalue weighted by atomic mass is 10.2. The number of carbonyl (C=O) groups excluding carboxylic acids is 1. The maximum absolute atomic E-state index is 12.9. The first-order valence-corrected chi connectivity index (χ1v) is 11.3. The summed E-state index contributed by atoms with van der Waals surface area (Å²) < 4.78 is 0. The predicted octanol–water partition coefficient (Wildman–Crippen LogP) is 5.01. The van der Waals surface area contributed by atoms with E-state index in [0.29, 0.717) is 5.69 Å². The lowest BCUT2D eigenvalue weighted by Crippen LogP contribution is -2.44. The molecule has 3 aromatic rings. The quantitative estimate of drug-likeness (QED) is 0.431. The van der Waals surface area contributed by atoms with Crippen molar-refractivity contribution in [2.24, 2.45) is 0 Å². The van der Waals surface area contributed by atoms with Crippen LogP contribution in [0.15, 0.2) is 106 Å². The van der Waals surface area contributed by atoms with Gasteiger partial charge >= 0.3 is 0 Å². The van der Waals surface area contributed by atoms with E-state index in [0.717, 1.165) is 36.0 Å². The van der Waals surface area contributed by atoms with Crippen molar-refractivity contribution in [3.63, 3.8) is 0 Å². The Kier molecular flexibility index (Phi) is 7.11. The Bertz CT molecular complexity index is 1120. The number of nitrogens with zero attached hydrogens (tertiary/aromatic N) is 3. The van der Waals surface area contributed by atoms with E-state index in [2.05, 4.69) is 28.4 Å². The molecule has 6 heteroatoms. The minimum absolute atomic E-state index is 0.109. The van der Waals surface area contributed by atoms with Crippen LogP contribution in [0.2, 0.25) is 0 Å². The van der Waals surface area contributed by atoms with Gasteiger partial charge in [-0.2, -0.15) is 5.26 Å². The third-order valence-electron chi connectivity index (χ3n) is 5.22. The van der Waals surface area contributed by atoms with E-state index in [4.69, 9.17) is 0 Å². The van der Waals surface area contributed by atoms with E-state index < -0.39 is 0 Å². The zero-order chi connectivity index (χ0) is 22.2. The van der Waals surface area contributed by atoms with Gasteiger partial charge in [0.05, 0.1) is 5.69 Å². The van der Waals surface area contributed by atoms with Gasteiger partial charge in [-0.05, 0) is 36.4 Å². The summed E-state index contributed by atoms with van der Waals surface area (Å²) in [6.45, 7) is 3.20. The van der Waals surface area contributed by atoms with Gasteiger partial charge in [-0.3, -0.25) is 4.79 Å². The maximum atomic E-state index is 12.9. The number of piperazine rings is 1. The zero-order valence-corrected chi connectivity index (χ0v) is 18.5. The Balaban J connectivity index is 1.41. The SMILES string of the molecule is N#C/C(=C/N1CCN(c2ccccc2)CC1)C(=O)Nc1ccccc1Sc1ccccc1. The lowest BCUT2D eigenvalue weighted by Gasteiger charge is -2.35. The van der Waals surface area contributed by atoms with Gasteiger partial charge in [-0.15, -0.1) is 0 Å². The third-order valence-corrected chi connectivity index (χ3v) is 6.30. The molecule has 3 aromatic carbocycles. The normalized spacial score (nSPS) is 14.0. The van der Waals surface area contributed by atoms with Gasteiger partial charge in [-0.25, -0.2) is 0 Å². The molecule has 0 aromatic heterocycles. The first kappa shape index (κ1) is 21.5. The van der Waals surface area contributed by atoms with E-state index in [1.807, 2.05) is 77.7 Å². The number of hydrogen-bond acceptors (Lipinski definition) is 5. The largest absolute Gasteiger partial charge is 0.373 e. The molecule has 0 radical (unpaired) electrons. The second-order valence-electron chi connectivity index (χ2n) is 7.38. The van der Waals surface area contributed by atoms with Crippen molar-refractivity contribution < 1.29 is 4.79 Å². The summed E-state index contributed by atoms with van der Waals surface area (Å²) in [6.07, 6.45) is 1.69. The monoisotopic (exact) mass is 440 g/mol. The molecule has 1 aliphatic heterocycles. The van der Waals surface area contributed by atoms with Crippen LogP contribution in [0.1, 0.15) is 0 Å². The van der Waals surface area contributed by atoms with Crippen LogP contribution in [0.5, 0.6) is 0 Å². The Labute approximate surface area is 193 Å². The summed E-state index contributed by atoms with van der Waals surface area (Å²) in [5, 5.41) is 12.5. The van der Waals surface area contributed by atoms with E-state index in [1.165, 1.54) is 5.69 Å². The molecular formula is C26H24N4OS. The van der Waals surface area contributed by atoms with Crippen LogP contribution in [-0.4, -0.2) is 37.0 Å². The number of nitriles is 1. The summed E-state index contributed by atoms with van der Waals surface area (Å²) in [7, 11) is 0. The zero-order valence-electron chi connectivity index (χ0n) is 17.6. The van der Waals surface area contributed by atoms with E-state index in [-0.39, 0.29) is 11.5 Å². The summed E-state index contributed by atoms with van der Waals surface area (Å²) in [5.41, 5.74) is 2.00. The van der Waals surface area contributed by atoms with Gasteiger partial charge in [-0.1, -0.05) is 60.3 Å². The highest BCUT2D eigenvalue weighted by atomic mass is 32.2. The molecule has 1 heterocycles. The highest BCUT2D eigenvalue weighted by Crippen LogP contribution is 2.33. The molecule has 1 saturated heterocycles. The Morgan fingerprint density at radius 1 is 0.875 bits per heavy atom. The number of rotatable bonds is 6. The Hall–Kier alpha value is -3.69. The lowest BCUT2D eigenvalue weighted by molar-refractivity contribution is -0.112. The average Bonchev–Trinajstić information content (AvgIpc) is 2.85. The van der Waals surface area contributed by atoms with E-state index in [1.54, 1.807) is 18.0 Å². The molecule has 1 fully saturated rings. The van der Waals surface area contributed by atoms with Crippen LogP contribution in [0.25, 0.3) is 0 Å². The Morgan fingerprint density at radius 3 is 2.19 bits per heavy atom. The molecule has 160 valence electrons. The topological polar surface area (TPSA) is 59.4 Å². The first-order valence-electron chi connectivity index (χ1n) is 10.5. The molecule has 0 unspecified atom stereocenters. The average molecular weight is 441 g/mol. The molecule has 32 heavy (non-hydrogen) atoms. The fourth-order valence-electron chi connectivity index (χ4n) is 3.53. The second-order valence-corrected chi connectivity index (χ2v) is 8.49. The summed E-state index contributed by atoms with van der Waals surface area (Å²) in [6, 6.07) is 30.0. The summed E-state index contributed by atoms with van der Waals surface area (Å²) in [5.74, 6) is -0.390. The Morgan fingerprint density at radius 2 is 1.50 bits per heavy atom. The van der Waals surface area contributed by atoms with Crippen molar-refractivity contribution >= 4 is 29.0 Å². The molecule has 0 spiro atoms. The second kappa shape index (κ2) is 10.6. The molecule has 0 saturated carbocycles. The van der Waals surface area contributed by atoms with Crippen molar-refractivity contribution in [3.8, 4) is 6.07 Å². The molecule has 5 nitrogen and oxygen atoms in total. The van der Waals surface area contributed by atoms with E-state index >= 15 is 0 Å². The van der Waals surface area contributed by atoms with Crippen LogP contribution in [-0.2, 0) is 4.79 Å². The van der Waals surface area contributed by atoms with Crippen molar-refractivity contribution in [1.82, 2.24) is 4.90 Å². The van der Waals surface area contributed by atoms with Gasteiger partial charge in [0.25, 0.3) is 5.91 Å². The summed E-state index contributed by atoms with van der Waals surface area (Å²) >= 11 is 1.58. The van der Waals surface area contributed by atoms with Gasteiger partial charge < -0.3 is 15.1 Å². The molecule has 4 rings (SSSR count). The van der Waals surface area contributed by atoms with Crippen LogP contribution in [0, 0.1) is 11.3 Å². The van der Waals surface area contributed by atoms with Gasteiger partial charge in [0.1, 0.15) is 11.6 Å². The fourth-order valence-corrected chi connectivity index (χ4v) is 4.46. The molecule has 0 bridgehead atoms. The predicted molar refractivity (Wildman–Crippen MR) is 130 cm³/mol. The molecular weight excluding hydrogens is 416 g/mol. The van der Waals surface area contributed by atoms with Crippen molar-refractivity contribution in [1.29, 1.82) is 5.26 Å². The first-order chi connectivity index (χ1) is 15.7. The van der Waals surface area contributed by atoms with Crippen molar-refractivity contribution in [3.05, 3.63) is 96.7 Å². The molecule has 1 amide bonds. The number of para-hydroxylation sites is 2. The third kappa shape index (κ3) is 5.51. The molecule has 0 aliphatic carbocycles. The number of benzene rings is 3. The van der Waals surface area contributed by atoms with Crippen LogP contribution < -0.4 is 10.2 Å². The highest BCUT2D eigenvalue weighted by molar-refractivity contribution is 7.99. The smallest absolute Gasteiger partial charge is 0.267 e. The minimum Gasteiger partial charge on any atom is -0.373 e. The van der Waals surface area contributed by atoms with Crippen LogP contribution >= 0.6 is 11.8 Å². The van der Waals surface area contributed by atoms with Gasteiger partial charge in [0, 0.05) is 47.9 Å². The van der Waals surface area contributed by atoms with Gasteiger partial charge in [0.15, 0.2) is 0 Å². The number of hydrogen-bond donors (Lipinski definition) is 1. The van der Waals surface area contributed by atoms with Gasteiger partial charge in [0.2, 0.25) is 0 Å². The molecule has 1 N–H and O–H groups in total. The minimum atomic E-state index is -0.390. The number of carbonyl (C=O) groups is 1. The molecule has 1 aliphatic rings. The number of amides is 1. The number of nitrogens with one attached hydrogen (secondary N) is 1. The maximum Gasteiger partial charge on any atom is 0.267 e.